The number of nitrogens with zero attached hydrogens (tertiary/aromatic N) is 2. The molecule has 3 nitrogen and oxygen atoms in total. The number of nitrogens with one attached hydrogen (secondary N) is 1. The standard InChI is InChI=1S/C12H21N3/c1-12(2,3)10-9-13-11(14-10)15-7-5-4-6-8-15/h9H,4-8H2,1-3H3,(H,13,14). The van der Waals surface area contributed by atoms with Crippen LogP contribution in [0.1, 0.15) is 45.7 Å². The van der Waals surface area contributed by atoms with Crippen molar-refractivity contribution in [3.63, 3.8) is 0 Å². The smallest absolute Gasteiger partial charge is 0.203 e. The highest BCUT2D eigenvalue weighted by Gasteiger charge is 2.20. The quantitative estimate of drug-likeness (QED) is 0.767. The van der Waals surface area contributed by atoms with Crippen LogP contribution in [0, 0.1) is 0 Å². The van der Waals surface area contributed by atoms with Gasteiger partial charge < -0.3 is 9.88 Å². The number of hydrogen-bond acceptors (Lipinski definition) is 2. The van der Waals surface area contributed by atoms with Gasteiger partial charge in [-0.15, -0.1) is 0 Å². The fourth-order valence-corrected chi connectivity index (χ4v) is 1.96. The molecule has 84 valence electrons. The van der Waals surface area contributed by atoms with Gasteiger partial charge in [-0.2, -0.15) is 0 Å². The predicted molar refractivity (Wildman–Crippen MR) is 63.4 cm³/mol. The van der Waals surface area contributed by atoms with Gasteiger partial charge in [-0.1, -0.05) is 20.8 Å². The van der Waals surface area contributed by atoms with Crippen LogP contribution in [0.5, 0.6) is 0 Å². The summed E-state index contributed by atoms with van der Waals surface area (Å²) in [6.07, 6.45) is 6.00. The molecular formula is C12H21N3. The first-order valence-electron chi connectivity index (χ1n) is 5.88. The molecule has 1 aromatic heterocycles. The lowest BCUT2D eigenvalue weighted by Crippen LogP contribution is -2.30. The number of rotatable bonds is 1. The van der Waals surface area contributed by atoms with Crippen LogP contribution in [0.3, 0.4) is 0 Å². The molecule has 0 bridgehead atoms. The molecule has 0 radical (unpaired) electrons. The molecule has 0 amide bonds. The van der Waals surface area contributed by atoms with E-state index in [1.54, 1.807) is 0 Å². The zero-order valence-electron chi connectivity index (χ0n) is 10.0. The summed E-state index contributed by atoms with van der Waals surface area (Å²) in [7, 11) is 0. The van der Waals surface area contributed by atoms with E-state index in [2.05, 4.69) is 35.6 Å². The SMILES string of the molecule is CC(C)(C)c1c[nH]c(N2CCCCC2)n1. The number of hydrogen-bond donors (Lipinski definition) is 1. The molecule has 1 fully saturated rings. The van der Waals surface area contributed by atoms with Crippen LogP contribution < -0.4 is 4.90 Å². The monoisotopic (exact) mass is 207 g/mol. The van der Waals surface area contributed by atoms with Crippen molar-refractivity contribution in [1.82, 2.24) is 9.97 Å². The van der Waals surface area contributed by atoms with Crippen LogP contribution in [0.25, 0.3) is 0 Å². The summed E-state index contributed by atoms with van der Waals surface area (Å²) in [5, 5.41) is 0. The third kappa shape index (κ3) is 2.33. The topological polar surface area (TPSA) is 31.9 Å². The molecule has 0 saturated carbocycles. The summed E-state index contributed by atoms with van der Waals surface area (Å²) >= 11 is 0. The minimum Gasteiger partial charge on any atom is -0.342 e. The Hall–Kier alpha value is -0.990. The number of piperidine rings is 1. The molecule has 15 heavy (non-hydrogen) atoms. The Kier molecular flexibility index (Phi) is 2.72. The predicted octanol–water partition coefficient (Wildman–Crippen LogP) is 2.70. The Balaban J connectivity index is 2.12. The Labute approximate surface area is 91.9 Å². The van der Waals surface area contributed by atoms with E-state index < -0.39 is 0 Å². The van der Waals surface area contributed by atoms with E-state index in [9.17, 15) is 0 Å². The minimum absolute atomic E-state index is 0.143. The van der Waals surface area contributed by atoms with Crippen LogP contribution in [-0.2, 0) is 5.41 Å². The maximum Gasteiger partial charge on any atom is 0.203 e. The largest absolute Gasteiger partial charge is 0.342 e. The van der Waals surface area contributed by atoms with Crippen molar-refractivity contribution in [2.45, 2.75) is 45.4 Å². The van der Waals surface area contributed by atoms with Crippen LogP contribution in [0.4, 0.5) is 5.95 Å². The highest BCUT2D eigenvalue weighted by atomic mass is 15.3. The van der Waals surface area contributed by atoms with Crippen molar-refractivity contribution in [2.75, 3.05) is 18.0 Å². The fraction of sp³-hybridized carbons (Fsp3) is 0.750. The maximum atomic E-state index is 4.68. The number of aromatic nitrogens is 2. The van der Waals surface area contributed by atoms with Crippen molar-refractivity contribution in [3.8, 4) is 0 Å². The van der Waals surface area contributed by atoms with E-state index in [0.29, 0.717) is 0 Å². The Morgan fingerprint density at radius 3 is 2.40 bits per heavy atom. The van der Waals surface area contributed by atoms with Gasteiger partial charge >= 0.3 is 0 Å². The first-order chi connectivity index (χ1) is 7.07. The third-order valence-electron chi connectivity index (χ3n) is 2.99. The van der Waals surface area contributed by atoms with Crippen molar-refractivity contribution < 1.29 is 0 Å². The summed E-state index contributed by atoms with van der Waals surface area (Å²) in [5.74, 6) is 1.06. The maximum absolute atomic E-state index is 4.68. The molecule has 2 rings (SSSR count). The van der Waals surface area contributed by atoms with Crippen molar-refractivity contribution >= 4 is 5.95 Å². The molecule has 0 atom stereocenters. The second-order valence-corrected chi connectivity index (χ2v) is 5.41. The third-order valence-corrected chi connectivity index (χ3v) is 2.99. The van der Waals surface area contributed by atoms with Crippen LogP contribution in [0.2, 0.25) is 0 Å². The Bertz CT molecular complexity index is 316. The first kappa shape index (κ1) is 10.5. The highest BCUT2D eigenvalue weighted by molar-refractivity contribution is 5.33. The molecule has 0 unspecified atom stereocenters. The van der Waals surface area contributed by atoms with E-state index in [4.69, 9.17) is 0 Å². The van der Waals surface area contributed by atoms with E-state index in [1.807, 2.05) is 6.20 Å². The lowest BCUT2D eigenvalue weighted by atomic mass is 9.93. The molecule has 1 aliphatic rings. The zero-order chi connectivity index (χ0) is 10.9. The molecule has 0 spiro atoms. The zero-order valence-corrected chi connectivity index (χ0v) is 10.0. The van der Waals surface area contributed by atoms with Gasteiger partial charge in [0.2, 0.25) is 5.95 Å². The number of imidazole rings is 1. The average Bonchev–Trinajstić information content (AvgIpc) is 2.67. The van der Waals surface area contributed by atoms with Gasteiger partial charge in [0.05, 0.1) is 5.69 Å². The van der Waals surface area contributed by atoms with Gasteiger partial charge in [0.1, 0.15) is 0 Å². The van der Waals surface area contributed by atoms with Gasteiger partial charge in [-0.25, -0.2) is 4.98 Å². The molecular weight excluding hydrogens is 186 g/mol. The van der Waals surface area contributed by atoms with E-state index >= 15 is 0 Å². The molecule has 1 aliphatic heterocycles. The molecule has 3 heteroatoms. The van der Waals surface area contributed by atoms with Gasteiger partial charge in [0.25, 0.3) is 0 Å². The molecule has 0 aliphatic carbocycles. The van der Waals surface area contributed by atoms with E-state index in [1.165, 1.54) is 19.3 Å². The van der Waals surface area contributed by atoms with Gasteiger partial charge in [-0.3, -0.25) is 0 Å². The molecule has 1 N–H and O–H groups in total. The first-order valence-corrected chi connectivity index (χ1v) is 5.88. The van der Waals surface area contributed by atoms with Crippen LogP contribution >= 0.6 is 0 Å². The second-order valence-electron chi connectivity index (χ2n) is 5.41. The van der Waals surface area contributed by atoms with Crippen LogP contribution in [0.15, 0.2) is 6.20 Å². The number of H-pyrrole nitrogens is 1. The van der Waals surface area contributed by atoms with Crippen molar-refractivity contribution in [1.29, 1.82) is 0 Å². The summed E-state index contributed by atoms with van der Waals surface area (Å²) in [4.78, 5) is 10.3. The molecule has 0 aromatic carbocycles. The lowest BCUT2D eigenvalue weighted by molar-refractivity contribution is 0.559. The Morgan fingerprint density at radius 1 is 1.20 bits per heavy atom. The van der Waals surface area contributed by atoms with Gasteiger partial charge in [0, 0.05) is 24.7 Å². The minimum atomic E-state index is 0.143. The lowest BCUT2D eigenvalue weighted by Gasteiger charge is -2.26. The number of anilines is 1. The average molecular weight is 207 g/mol. The number of aromatic amines is 1. The van der Waals surface area contributed by atoms with Crippen LogP contribution in [-0.4, -0.2) is 23.1 Å². The second kappa shape index (κ2) is 3.87. The highest BCUT2D eigenvalue weighted by Crippen LogP contribution is 2.23. The molecule has 1 saturated heterocycles. The summed E-state index contributed by atoms with van der Waals surface area (Å²) in [6, 6.07) is 0. The Morgan fingerprint density at radius 2 is 1.87 bits per heavy atom. The van der Waals surface area contributed by atoms with Gasteiger partial charge in [-0.05, 0) is 19.3 Å². The van der Waals surface area contributed by atoms with E-state index in [-0.39, 0.29) is 5.41 Å². The summed E-state index contributed by atoms with van der Waals surface area (Å²) < 4.78 is 0. The van der Waals surface area contributed by atoms with E-state index in [0.717, 1.165) is 24.7 Å². The normalized spacial score (nSPS) is 18.2. The van der Waals surface area contributed by atoms with Crippen molar-refractivity contribution in [2.24, 2.45) is 0 Å². The summed E-state index contributed by atoms with van der Waals surface area (Å²) in [5.41, 5.74) is 1.30. The van der Waals surface area contributed by atoms with Gasteiger partial charge in [0.15, 0.2) is 0 Å². The summed E-state index contributed by atoms with van der Waals surface area (Å²) in [6.45, 7) is 8.89. The molecule has 1 aromatic rings. The fourth-order valence-electron chi connectivity index (χ4n) is 1.96. The molecule has 2 heterocycles. The van der Waals surface area contributed by atoms with Crippen molar-refractivity contribution in [3.05, 3.63) is 11.9 Å².